The third kappa shape index (κ3) is 4.75. The highest BCUT2D eigenvalue weighted by Crippen LogP contribution is 2.36. The van der Waals surface area contributed by atoms with Gasteiger partial charge in [-0.3, -0.25) is 5.10 Å². The Labute approximate surface area is 155 Å². The number of rotatable bonds is 3. The maximum Gasteiger partial charge on any atom is 0.154 e. The highest BCUT2D eigenvalue weighted by Gasteiger charge is 2.15. The van der Waals surface area contributed by atoms with Gasteiger partial charge in [0.05, 0.1) is 15.6 Å². The number of ether oxygens (including phenoxy) is 1. The monoisotopic (exact) mass is 375 g/mol. The van der Waals surface area contributed by atoms with E-state index in [1.165, 1.54) is 12.1 Å². The molecule has 2 aromatic heterocycles. The van der Waals surface area contributed by atoms with Crippen molar-refractivity contribution in [3.8, 4) is 21.8 Å². The molecule has 138 valence electrons. The first kappa shape index (κ1) is 18.7. The summed E-state index contributed by atoms with van der Waals surface area (Å²) in [6.07, 6.45) is 5.16. The van der Waals surface area contributed by atoms with Gasteiger partial charge in [0, 0.05) is 12.8 Å². The second-order valence-electron chi connectivity index (χ2n) is 5.94. The molecule has 3 heterocycles. The van der Waals surface area contributed by atoms with Gasteiger partial charge in [0.1, 0.15) is 11.5 Å². The van der Waals surface area contributed by atoms with Crippen LogP contribution in [0.5, 0.6) is 0 Å². The summed E-state index contributed by atoms with van der Waals surface area (Å²) in [5.41, 5.74) is 2.74. The normalized spacial score (nSPS) is 16.8. The second kappa shape index (κ2) is 9.02. The first-order chi connectivity index (χ1) is 12.7. The van der Waals surface area contributed by atoms with Crippen LogP contribution in [0.3, 0.4) is 0 Å². The predicted octanol–water partition coefficient (Wildman–Crippen LogP) is 4.41. The van der Waals surface area contributed by atoms with Crippen molar-refractivity contribution in [2.75, 3.05) is 6.61 Å². The summed E-state index contributed by atoms with van der Waals surface area (Å²) in [5, 5.41) is 16.6. The van der Waals surface area contributed by atoms with Crippen molar-refractivity contribution in [1.82, 2.24) is 15.2 Å². The maximum absolute atomic E-state index is 13.0. The number of nitrogens with zero attached hydrogens (tertiary/aromatic N) is 2. The molecule has 0 aliphatic carbocycles. The third-order valence-corrected chi connectivity index (χ3v) is 5.24. The molecule has 4 rings (SSSR count). The van der Waals surface area contributed by atoms with Crippen LogP contribution in [0.1, 0.15) is 31.2 Å². The summed E-state index contributed by atoms with van der Waals surface area (Å²) in [5.74, 6) is -0.230. The Morgan fingerprint density at radius 2 is 2.08 bits per heavy atom. The smallest absolute Gasteiger partial charge is 0.154 e. The number of aromatic amines is 1. The van der Waals surface area contributed by atoms with Gasteiger partial charge in [0.2, 0.25) is 0 Å². The zero-order valence-corrected chi connectivity index (χ0v) is 15.4. The molecule has 7 heteroatoms. The number of benzene rings is 1. The van der Waals surface area contributed by atoms with E-state index in [1.807, 2.05) is 6.07 Å². The molecule has 1 aliphatic heterocycles. The van der Waals surface area contributed by atoms with Crippen LogP contribution < -0.4 is 0 Å². The fraction of sp³-hybridized carbons (Fsp3) is 0.368. The van der Waals surface area contributed by atoms with Gasteiger partial charge in [-0.25, -0.2) is 9.37 Å². The summed E-state index contributed by atoms with van der Waals surface area (Å²) in [7, 11) is 0. The molecule has 3 aromatic rings. The number of thiazole rings is 1. The number of aryl methyl sites for hydroxylation is 1. The lowest BCUT2D eigenvalue weighted by atomic mass is 10.1. The number of nitrogens with one attached hydrogen (secondary N) is 1. The number of hydrogen-bond donors (Lipinski definition) is 2. The van der Waals surface area contributed by atoms with Gasteiger partial charge in [-0.1, -0.05) is 19.1 Å². The van der Waals surface area contributed by atoms with Crippen molar-refractivity contribution >= 4 is 11.3 Å². The van der Waals surface area contributed by atoms with Crippen LogP contribution in [0.25, 0.3) is 21.8 Å². The molecule has 26 heavy (non-hydrogen) atoms. The summed E-state index contributed by atoms with van der Waals surface area (Å²) >= 11 is 1.64. The van der Waals surface area contributed by atoms with E-state index in [-0.39, 0.29) is 5.82 Å². The molecule has 0 radical (unpaired) electrons. The third-order valence-electron chi connectivity index (χ3n) is 3.99. The second-order valence-corrected chi connectivity index (χ2v) is 7.02. The average molecular weight is 375 g/mol. The minimum atomic E-state index is -0.464. The first-order valence-corrected chi connectivity index (χ1v) is 9.54. The Balaban J connectivity index is 0.000000236. The predicted molar refractivity (Wildman–Crippen MR) is 100 cm³/mol. The Kier molecular flexibility index (Phi) is 6.49. The van der Waals surface area contributed by atoms with Crippen LogP contribution in [0.4, 0.5) is 4.39 Å². The lowest BCUT2D eigenvalue weighted by molar-refractivity contribution is -0.123. The van der Waals surface area contributed by atoms with E-state index < -0.39 is 6.29 Å². The SMILES string of the molecule is CCc1nc(-c2ccn[nH]2)c(-c2ccc(F)cc2)s1.OC1CCCCO1. The van der Waals surface area contributed by atoms with Gasteiger partial charge in [-0.2, -0.15) is 5.10 Å². The molecule has 1 aliphatic rings. The molecule has 1 saturated heterocycles. The lowest BCUT2D eigenvalue weighted by Gasteiger charge is -2.16. The van der Waals surface area contributed by atoms with Crippen LogP contribution in [-0.4, -0.2) is 33.2 Å². The molecule has 0 spiro atoms. The van der Waals surface area contributed by atoms with Gasteiger partial charge in [0.15, 0.2) is 6.29 Å². The van der Waals surface area contributed by atoms with Crippen LogP contribution in [0.15, 0.2) is 36.5 Å². The zero-order valence-electron chi connectivity index (χ0n) is 14.6. The maximum atomic E-state index is 13.0. The largest absolute Gasteiger partial charge is 0.368 e. The molecule has 1 aromatic carbocycles. The fourth-order valence-corrected chi connectivity index (χ4v) is 3.63. The topological polar surface area (TPSA) is 71.0 Å². The molecule has 5 nitrogen and oxygen atoms in total. The Hall–Kier alpha value is -2.09. The molecular weight excluding hydrogens is 353 g/mol. The van der Waals surface area contributed by atoms with Crippen molar-refractivity contribution in [1.29, 1.82) is 0 Å². The fourth-order valence-electron chi connectivity index (χ4n) is 2.61. The average Bonchev–Trinajstić information content (AvgIpc) is 3.33. The molecule has 0 bridgehead atoms. The van der Waals surface area contributed by atoms with Gasteiger partial charge in [-0.15, -0.1) is 11.3 Å². The number of halogens is 1. The van der Waals surface area contributed by atoms with Crippen molar-refractivity contribution in [2.45, 2.75) is 38.9 Å². The number of hydrogen-bond acceptors (Lipinski definition) is 5. The molecule has 0 amide bonds. The van der Waals surface area contributed by atoms with Crippen LogP contribution >= 0.6 is 11.3 Å². The van der Waals surface area contributed by atoms with Crippen LogP contribution in [-0.2, 0) is 11.2 Å². The minimum absolute atomic E-state index is 0.230. The highest BCUT2D eigenvalue weighted by atomic mass is 32.1. The van der Waals surface area contributed by atoms with Gasteiger partial charge in [0.25, 0.3) is 0 Å². The van der Waals surface area contributed by atoms with E-state index in [0.717, 1.165) is 59.1 Å². The molecule has 0 saturated carbocycles. The van der Waals surface area contributed by atoms with Gasteiger partial charge >= 0.3 is 0 Å². The summed E-state index contributed by atoms with van der Waals surface area (Å²) < 4.78 is 17.9. The number of H-pyrrole nitrogens is 1. The van der Waals surface area contributed by atoms with Crippen molar-refractivity contribution in [2.24, 2.45) is 0 Å². The van der Waals surface area contributed by atoms with Gasteiger partial charge < -0.3 is 9.84 Å². The Morgan fingerprint density at radius 1 is 1.27 bits per heavy atom. The van der Waals surface area contributed by atoms with Crippen LogP contribution in [0, 0.1) is 5.82 Å². The number of aliphatic hydroxyl groups excluding tert-OH is 1. The summed E-state index contributed by atoms with van der Waals surface area (Å²) in [6.45, 7) is 2.81. The van der Waals surface area contributed by atoms with E-state index in [2.05, 4.69) is 22.1 Å². The highest BCUT2D eigenvalue weighted by molar-refractivity contribution is 7.15. The molecule has 1 atom stereocenters. The van der Waals surface area contributed by atoms with E-state index in [9.17, 15) is 4.39 Å². The zero-order chi connectivity index (χ0) is 18.4. The quantitative estimate of drug-likeness (QED) is 0.711. The summed E-state index contributed by atoms with van der Waals surface area (Å²) in [4.78, 5) is 5.67. The van der Waals surface area contributed by atoms with Gasteiger partial charge in [-0.05, 0) is 49.4 Å². The van der Waals surface area contributed by atoms with Crippen molar-refractivity contribution in [3.05, 3.63) is 47.4 Å². The van der Waals surface area contributed by atoms with E-state index >= 15 is 0 Å². The van der Waals surface area contributed by atoms with Crippen molar-refractivity contribution < 1.29 is 14.2 Å². The van der Waals surface area contributed by atoms with Crippen LogP contribution in [0.2, 0.25) is 0 Å². The Bertz CT molecular complexity index is 797. The lowest BCUT2D eigenvalue weighted by Crippen LogP contribution is -2.17. The molecule has 1 unspecified atom stereocenters. The molecular formula is C19H22FN3O2S. The van der Waals surface area contributed by atoms with E-state index in [1.54, 1.807) is 29.7 Å². The van der Waals surface area contributed by atoms with Crippen molar-refractivity contribution in [3.63, 3.8) is 0 Å². The standard InChI is InChI=1S/C14H12FN3S.C5H10O2/c1-2-12-17-13(11-7-8-16-18-11)14(19-12)9-3-5-10(15)6-4-9;6-5-3-1-2-4-7-5/h3-8H,2H2,1H3,(H,16,18);5-6H,1-4H2. The minimum Gasteiger partial charge on any atom is -0.368 e. The summed E-state index contributed by atoms with van der Waals surface area (Å²) in [6, 6.07) is 8.39. The van der Waals surface area contributed by atoms with E-state index in [0.29, 0.717) is 0 Å². The first-order valence-electron chi connectivity index (χ1n) is 8.72. The van der Waals surface area contributed by atoms with E-state index in [4.69, 9.17) is 9.84 Å². The number of aromatic nitrogens is 3. The Morgan fingerprint density at radius 3 is 2.62 bits per heavy atom. The molecule has 2 N–H and O–H groups in total. The number of aliphatic hydroxyl groups is 1. The molecule has 1 fully saturated rings.